The molecule has 156 valence electrons. The number of rotatable bonds is 6. The molecule has 0 aromatic rings. The van der Waals surface area contributed by atoms with Crippen LogP contribution in [0, 0.1) is 0 Å². The van der Waals surface area contributed by atoms with Crippen LogP contribution in [0.5, 0.6) is 0 Å². The fraction of sp³-hybridized carbons (Fsp3) is 1.00. The molecule has 0 heterocycles. The fourth-order valence-corrected chi connectivity index (χ4v) is 2.64. The van der Waals surface area contributed by atoms with Crippen LogP contribution in [0.4, 0.5) is 0 Å². The normalized spacial score (nSPS) is 4.91. The Bertz CT molecular complexity index is 54.6. The number of hydrogen-bond acceptors (Lipinski definition) is 3. The summed E-state index contributed by atoms with van der Waals surface area (Å²) in [5.41, 5.74) is 0. The van der Waals surface area contributed by atoms with Gasteiger partial charge in [0.25, 0.3) is 0 Å². The highest BCUT2D eigenvalue weighted by atomic mass is 32.2. The van der Waals surface area contributed by atoms with Crippen molar-refractivity contribution in [2.45, 2.75) is 102 Å². The summed E-state index contributed by atoms with van der Waals surface area (Å²) in [7, 11) is 0. The largest absolute Gasteiger partial charge is 0.163 e. The lowest BCUT2D eigenvalue weighted by Crippen LogP contribution is -1.71. The third-order valence-corrected chi connectivity index (χ3v) is 3.95. The van der Waals surface area contributed by atoms with Crippen LogP contribution >= 0.6 is 35.3 Å². The second-order valence-electron chi connectivity index (χ2n) is 1.88. The van der Waals surface area contributed by atoms with Crippen LogP contribution in [-0.4, -0.2) is 28.1 Å². The van der Waals surface area contributed by atoms with E-state index >= 15 is 0 Å². The maximum absolute atomic E-state index is 2.20. The summed E-state index contributed by atoms with van der Waals surface area (Å²) in [5, 5.41) is 1.27. The van der Waals surface area contributed by atoms with Gasteiger partial charge in [-0.15, -0.1) is 0 Å². The Morgan fingerprint density at radius 1 is 0.364 bits per heavy atom. The summed E-state index contributed by atoms with van der Waals surface area (Å²) in [6.45, 7) is 8.74. The topological polar surface area (TPSA) is 0 Å². The van der Waals surface area contributed by atoms with E-state index in [0.29, 0.717) is 0 Å². The molecule has 0 fully saturated rings. The third-order valence-electron chi connectivity index (χ3n) is 0.983. The van der Waals surface area contributed by atoms with Crippen molar-refractivity contribution in [3.63, 3.8) is 0 Å². The van der Waals surface area contributed by atoms with Crippen LogP contribution in [0.25, 0.3) is 0 Å². The van der Waals surface area contributed by atoms with E-state index in [4.69, 9.17) is 0 Å². The average molecular weight is 387 g/mol. The van der Waals surface area contributed by atoms with Gasteiger partial charge in [0, 0.05) is 5.08 Å². The van der Waals surface area contributed by atoms with Crippen LogP contribution in [0.3, 0.4) is 0 Å². The van der Waals surface area contributed by atoms with Crippen molar-refractivity contribution in [2.75, 3.05) is 28.1 Å². The van der Waals surface area contributed by atoms with Crippen LogP contribution in [0.2, 0.25) is 0 Å². The molecule has 0 N–H and O–H groups in total. The van der Waals surface area contributed by atoms with Gasteiger partial charge in [0.1, 0.15) is 0 Å². The van der Waals surface area contributed by atoms with E-state index in [-0.39, 0.29) is 74.3 Å². The Hall–Kier alpha value is 1.05. The maximum Gasteiger partial charge on any atom is 0.0391 e. The molecule has 0 radical (unpaired) electrons. The van der Waals surface area contributed by atoms with Gasteiger partial charge in [-0.2, -0.15) is 35.3 Å². The van der Waals surface area contributed by atoms with E-state index in [1.54, 1.807) is 0 Å². The lowest BCUT2D eigenvalue weighted by Gasteiger charge is -1.91. The summed E-state index contributed by atoms with van der Waals surface area (Å²) in [4.78, 5) is 0. The zero-order valence-electron chi connectivity index (χ0n) is 8.76. The quantitative estimate of drug-likeness (QED) is 0.329. The van der Waals surface area contributed by atoms with E-state index in [9.17, 15) is 0 Å². The lowest BCUT2D eigenvalue weighted by molar-refractivity contribution is 1.46. The first kappa shape index (κ1) is 91.8. The second kappa shape index (κ2) is 119. The first-order chi connectivity index (χ1) is 5.83. The molecule has 0 rings (SSSR count). The fourth-order valence-electron chi connectivity index (χ4n) is 0.430. The summed E-state index contributed by atoms with van der Waals surface area (Å²) in [6, 6.07) is 0. The van der Waals surface area contributed by atoms with Gasteiger partial charge in [-0.1, -0.05) is 102 Å². The minimum atomic E-state index is 0. The molecule has 0 atom stereocenters. The number of hydrogen-bond donors (Lipinski definition) is 0. The standard InChI is InChI=1S/C5H12S2.C4H10S.10CH4/c1-3-6-5-7-4-2;1-3-5-4-2;;;;;;;;;;/h3-5H2,1-2H3;3-4H2,1-2H3;10*1H4. The summed E-state index contributed by atoms with van der Waals surface area (Å²) in [5.74, 6) is 5.03. The first-order valence-electron chi connectivity index (χ1n) is 4.56. The van der Waals surface area contributed by atoms with Gasteiger partial charge >= 0.3 is 0 Å². The predicted molar refractivity (Wildman–Crippen MR) is 137 cm³/mol. The van der Waals surface area contributed by atoms with Crippen molar-refractivity contribution in [3.8, 4) is 0 Å². The number of thioether (sulfide) groups is 3. The van der Waals surface area contributed by atoms with Gasteiger partial charge < -0.3 is 0 Å². The van der Waals surface area contributed by atoms with E-state index in [1.165, 1.54) is 28.1 Å². The molecule has 0 aromatic heterocycles. The molecule has 0 aromatic carbocycles. The van der Waals surface area contributed by atoms with E-state index in [0.717, 1.165) is 0 Å². The molecule has 0 spiro atoms. The van der Waals surface area contributed by atoms with Crippen LogP contribution < -0.4 is 0 Å². The van der Waals surface area contributed by atoms with Gasteiger partial charge in [0.15, 0.2) is 0 Å². The third kappa shape index (κ3) is 170. The van der Waals surface area contributed by atoms with Crippen LogP contribution in [0.15, 0.2) is 0 Å². The van der Waals surface area contributed by atoms with E-state index in [2.05, 4.69) is 27.7 Å². The zero-order valence-corrected chi connectivity index (χ0v) is 11.2. The van der Waals surface area contributed by atoms with Crippen LogP contribution in [-0.2, 0) is 0 Å². The Morgan fingerprint density at radius 3 is 0.636 bits per heavy atom. The molecule has 0 saturated heterocycles. The first-order valence-corrected chi connectivity index (χ1v) is 8.02. The minimum absolute atomic E-state index is 0. The smallest absolute Gasteiger partial charge is 0.0391 e. The molecular formula is C19H62S3. The molecule has 0 aliphatic rings. The van der Waals surface area contributed by atoms with Gasteiger partial charge in [0.2, 0.25) is 0 Å². The molecule has 3 heteroatoms. The van der Waals surface area contributed by atoms with Gasteiger partial charge in [-0.05, 0) is 23.0 Å². The molecular weight excluding hydrogens is 324 g/mol. The second-order valence-corrected chi connectivity index (χ2v) is 6.36. The van der Waals surface area contributed by atoms with E-state index < -0.39 is 0 Å². The van der Waals surface area contributed by atoms with Crippen LogP contribution in [0.1, 0.15) is 102 Å². The molecule has 0 unspecified atom stereocenters. The predicted octanol–water partition coefficient (Wildman–Crippen LogP) is 10.6. The highest BCUT2D eigenvalue weighted by molar-refractivity contribution is 8.15. The maximum atomic E-state index is 2.20. The van der Waals surface area contributed by atoms with Crippen molar-refractivity contribution in [2.24, 2.45) is 0 Å². The zero-order chi connectivity index (χ0) is 9.66. The van der Waals surface area contributed by atoms with Crippen molar-refractivity contribution in [1.82, 2.24) is 0 Å². The minimum Gasteiger partial charge on any atom is -0.163 e. The Kier molecular flexibility index (Phi) is 498. The lowest BCUT2D eigenvalue weighted by atomic mass is 11.0. The summed E-state index contributed by atoms with van der Waals surface area (Å²) >= 11 is 5.95. The average Bonchev–Trinajstić information content (AvgIpc) is 2.08. The Labute approximate surface area is 165 Å². The molecule has 0 aliphatic carbocycles. The SMILES string of the molecule is C.C.C.C.C.C.C.C.C.C.CCSCC.CCSCSCC. The molecule has 22 heavy (non-hydrogen) atoms. The monoisotopic (exact) mass is 386 g/mol. The van der Waals surface area contributed by atoms with Crippen molar-refractivity contribution in [1.29, 1.82) is 0 Å². The molecule has 0 aliphatic heterocycles. The van der Waals surface area contributed by atoms with E-state index in [1.807, 2.05) is 35.3 Å². The molecule has 0 bridgehead atoms. The molecule has 0 nitrogen and oxygen atoms in total. The van der Waals surface area contributed by atoms with Crippen molar-refractivity contribution in [3.05, 3.63) is 0 Å². The summed E-state index contributed by atoms with van der Waals surface area (Å²) < 4.78 is 0. The van der Waals surface area contributed by atoms with Gasteiger partial charge in [-0.25, -0.2) is 0 Å². The van der Waals surface area contributed by atoms with Gasteiger partial charge in [-0.3, -0.25) is 0 Å². The Balaban J connectivity index is -0.00000000635. The highest BCUT2D eigenvalue weighted by Crippen LogP contribution is 2.09. The van der Waals surface area contributed by atoms with Crippen molar-refractivity contribution >= 4 is 35.3 Å². The van der Waals surface area contributed by atoms with Gasteiger partial charge in [0.05, 0.1) is 0 Å². The Morgan fingerprint density at radius 2 is 0.545 bits per heavy atom. The highest BCUT2D eigenvalue weighted by Gasteiger charge is 1.79. The van der Waals surface area contributed by atoms with Crippen molar-refractivity contribution < 1.29 is 0 Å². The summed E-state index contributed by atoms with van der Waals surface area (Å²) in [6.07, 6.45) is 0. The molecule has 0 saturated carbocycles. The molecule has 0 amide bonds.